The SMILES string of the molecule is CCCOC(=O)/C(C)=C/[Si](O[Si](C)(C)C)(O[Si](C)(C)C)O[Si](C)(C)C. The van der Waals surface area contributed by atoms with E-state index < -0.39 is 33.8 Å². The minimum Gasteiger partial charge on any atom is -0.462 e. The fourth-order valence-electron chi connectivity index (χ4n) is 2.06. The summed E-state index contributed by atoms with van der Waals surface area (Å²) in [5, 5.41) is 0. The summed E-state index contributed by atoms with van der Waals surface area (Å²) in [4.78, 5) is 12.3. The largest absolute Gasteiger partial charge is 0.498 e. The maximum Gasteiger partial charge on any atom is 0.498 e. The summed E-state index contributed by atoms with van der Waals surface area (Å²) in [5.41, 5.74) is 2.33. The van der Waals surface area contributed by atoms with Gasteiger partial charge in [0.25, 0.3) is 0 Å². The van der Waals surface area contributed by atoms with E-state index in [1.54, 1.807) is 6.92 Å². The zero-order chi connectivity index (χ0) is 20.1. The molecule has 0 aliphatic rings. The first-order valence-corrected chi connectivity index (χ1v) is 21.0. The predicted molar refractivity (Wildman–Crippen MR) is 114 cm³/mol. The van der Waals surface area contributed by atoms with Crippen LogP contribution in [0.5, 0.6) is 0 Å². The quantitative estimate of drug-likeness (QED) is 0.284. The van der Waals surface area contributed by atoms with Gasteiger partial charge in [-0.15, -0.1) is 0 Å². The number of hydrogen-bond donors (Lipinski definition) is 0. The number of hydrogen-bond acceptors (Lipinski definition) is 5. The van der Waals surface area contributed by atoms with Gasteiger partial charge >= 0.3 is 14.8 Å². The molecule has 0 saturated carbocycles. The highest BCUT2D eigenvalue weighted by Gasteiger charge is 2.49. The Bertz CT molecular complexity index is 432. The van der Waals surface area contributed by atoms with E-state index in [-0.39, 0.29) is 5.97 Å². The topological polar surface area (TPSA) is 54.0 Å². The van der Waals surface area contributed by atoms with Gasteiger partial charge in [-0.1, -0.05) is 6.92 Å². The number of esters is 1. The van der Waals surface area contributed by atoms with Gasteiger partial charge < -0.3 is 17.1 Å². The fourth-order valence-corrected chi connectivity index (χ4v) is 15.3. The fraction of sp³-hybridized carbons (Fsp3) is 0.812. The first-order chi connectivity index (χ1) is 11.0. The van der Waals surface area contributed by atoms with Gasteiger partial charge in [0.15, 0.2) is 25.0 Å². The molecule has 0 saturated heterocycles. The Labute approximate surface area is 158 Å². The van der Waals surface area contributed by atoms with Crippen LogP contribution in [-0.4, -0.2) is 46.3 Å². The lowest BCUT2D eigenvalue weighted by atomic mass is 10.4. The molecule has 0 aliphatic heterocycles. The molecule has 0 aliphatic carbocycles. The highest BCUT2D eigenvalue weighted by atomic mass is 28.5. The van der Waals surface area contributed by atoms with Crippen molar-refractivity contribution >= 4 is 39.7 Å². The Hall–Kier alpha value is -0.0425. The third-order valence-electron chi connectivity index (χ3n) is 2.50. The molecule has 0 aromatic rings. The van der Waals surface area contributed by atoms with Crippen molar-refractivity contribution in [2.45, 2.75) is 79.2 Å². The molecule has 25 heavy (non-hydrogen) atoms. The first-order valence-electron chi connectivity index (χ1n) is 8.96. The molecule has 9 heteroatoms. The van der Waals surface area contributed by atoms with Crippen molar-refractivity contribution in [3.63, 3.8) is 0 Å². The van der Waals surface area contributed by atoms with Crippen molar-refractivity contribution in [1.82, 2.24) is 0 Å². The van der Waals surface area contributed by atoms with Crippen molar-refractivity contribution < 1.29 is 21.9 Å². The molecule has 0 aromatic carbocycles. The summed E-state index contributed by atoms with van der Waals surface area (Å²) in [5.74, 6) is -0.323. The van der Waals surface area contributed by atoms with Crippen LogP contribution in [0.4, 0.5) is 0 Å². The van der Waals surface area contributed by atoms with Gasteiger partial charge in [-0.05, 0) is 78.0 Å². The molecule has 0 atom stereocenters. The van der Waals surface area contributed by atoms with Gasteiger partial charge in [0.1, 0.15) is 0 Å². The average Bonchev–Trinajstić information content (AvgIpc) is 2.28. The average molecular weight is 423 g/mol. The first kappa shape index (κ1) is 25.0. The van der Waals surface area contributed by atoms with Gasteiger partial charge in [0.2, 0.25) is 0 Å². The second-order valence-corrected chi connectivity index (χ2v) is 25.8. The van der Waals surface area contributed by atoms with E-state index in [1.165, 1.54) is 0 Å². The summed E-state index contributed by atoms with van der Waals surface area (Å²) in [6, 6.07) is 0. The lowest BCUT2D eigenvalue weighted by Gasteiger charge is -2.41. The van der Waals surface area contributed by atoms with E-state index in [9.17, 15) is 4.79 Å². The van der Waals surface area contributed by atoms with Gasteiger partial charge in [-0.25, -0.2) is 4.79 Å². The highest BCUT2D eigenvalue weighted by molar-refractivity contribution is 6.92. The van der Waals surface area contributed by atoms with E-state index in [1.807, 2.05) is 12.6 Å². The summed E-state index contributed by atoms with van der Waals surface area (Å²) >= 11 is 0. The summed E-state index contributed by atoms with van der Waals surface area (Å²) in [6.45, 7) is 23.2. The smallest absolute Gasteiger partial charge is 0.462 e. The predicted octanol–water partition coefficient (Wildman–Crippen LogP) is 4.92. The van der Waals surface area contributed by atoms with E-state index in [4.69, 9.17) is 17.1 Å². The van der Waals surface area contributed by atoms with Gasteiger partial charge in [-0.3, -0.25) is 0 Å². The standard InChI is InChI=1S/C16H38O5Si4/c1-12-13-18-16(17)15(2)14-25(19-22(3,4)5,20-23(6,7)8)21-24(9,10)11/h14H,12-13H2,1-11H3/b15-14+. The molecule has 0 radical (unpaired) electrons. The van der Waals surface area contributed by atoms with Gasteiger partial charge in [0.05, 0.1) is 6.61 Å². The number of ether oxygens (including phenoxy) is 1. The van der Waals surface area contributed by atoms with Crippen molar-refractivity contribution in [3.05, 3.63) is 11.3 Å². The second kappa shape index (κ2) is 9.24. The lowest BCUT2D eigenvalue weighted by molar-refractivity contribution is -0.139. The third-order valence-corrected chi connectivity index (χ3v) is 14.0. The van der Waals surface area contributed by atoms with Crippen LogP contribution < -0.4 is 0 Å². The van der Waals surface area contributed by atoms with Crippen LogP contribution in [0.3, 0.4) is 0 Å². The summed E-state index contributed by atoms with van der Waals surface area (Å²) in [7, 11) is -9.02. The lowest BCUT2D eigenvalue weighted by Crippen LogP contribution is -2.59. The Morgan fingerprint density at radius 2 is 1.16 bits per heavy atom. The highest BCUT2D eigenvalue weighted by Crippen LogP contribution is 2.27. The van der Waals surface area contributed by atoms with E-state index >= 15 is 0 Å². The van der Waals surface area contributed by atoms with Gasteiger partial charge in [-0.2, -0.15) is 0 Å². The van der Waals surface area contributed by atoms with Crippen LogP contribution in [-0.2, 0) is 21.9 Å². The molecular formula is C16H38O5Si4. The van der Waals surface area contributed by atoms with Gasteiger partial charge in [0, 0.05) is 5.57 Å². The van der Waals surface area contributed by atoms with Crippen LogP contribution in [0.15, 0.2) is 11.3 Å². The van der Waals surface area contributed by atoms with E-state index in [2.05, 4.69) is 58.9 Å². The maximum absolute atomic E-state index is 12.3. The Balaban J connectivity index is 5.99. The zero-order valence-corrected chi connectivity index (χ0v) is 22.0. The summed E-state index contributed by atoms with van der Waals surface area (Å²) < 4.78 is 24.8. The number of carbonyl (C=O) groups is 1. The minimum absolute atomic E-state index is 0.323. The minimum atomic E-state index is -3.14. The molecule has 0 fully saturated rings. The normalized spacial score (nSPS) is 14.6. The molecule has 0 bridgehead atoms. The molecule has 148 valence electrons. The van der Waals surface area contributed by atoms with E-state index in [0.29, 0.717) is 12.2 Å². The Morgan fingerprint density at radius 3 is 1.44 bits per heavy atom. The summed E-state index contributed by atoms with van der Waals surface area (Å²) in [6.07, 6.45) is 0.795. The van der Waals surface area contributed by atoms with Crippen LogP contribution in [0.25, 0.3) is 0 Å². The monoisotopic (exact) mass is 422 g/mol. The van der Waals surface area contributed by atoms with Crippen LogP contribution in [0, 0.1) is 0 Å². The molecule has 5 nitrogen and oxygen atoms in total. The van der Waals surface area contributed by atoms with Crippen LogP contribution in [0.2, 0.25) is 58.9 Å². The molecule has 0 amide bonds. The molecule has 0 heterocycles. The van der Waals surface area contributed by atoms with Crippen molar-refractivity contribution in [3.8, 4) is 0 Å². The number of carbonyl (C=O) groups excluding carboxylic acids is 1. The molecule has 0 unspecified atom stereocenters. The van der Waals surface area contributed by atoms with E-state index in [0.717, 1.165) is 6.42 Å². The molecular weight excluding hydrogens is 385 g/mol. The molecule has 0 aromatic heterocycles. The maximum atomic E-state index is 12.3. The number of rotatable bonds is 10. The van der Waals surface area contributed by atoms with Crippen molar-refractivity contribution in [1.29, 1.82) is 0 Å². The Kier molecular flexibility index (Phi) is 9.23. The second-order valence-electron chi connectivity index (χ2n) is 9.21. The molecule has 0 N–H and O–H groups in total. The zero-order valence-electron chi connectivity index (χ0n) is 18.0. The third kappa shape index (κ3) is 12.1. The van der Waals surface area contributed by atoms with Crippen molar-refractivity contribution in [2.24, 2.45) is 0 Å². The Morgan fingerprint density at radius 1 is 0.800 bits per heavy atom. The van der Waals surface area contributed by atoms with Crippen LogP contribution in [0.1, 0.15) is 20.3 Å². The molecule has 0 rings (SSSR count). The molecule has 0 spiro atoms. The van der Waals surface area contributed by atoms with Crippen molar-refractivity contribution in [2.75, 3.05) is 6.61 Å². The van der Waals surface area contributed by atoms with Crippen LogP contribution >= 0.6 is 0 Å².